The van der Waals surface area contributed by atoms with Gasteiger partial charge in [0.1, 0.15) is 0 Å². The van der Waals surface area contributed by atoms with E-state index >= 15 is 0 Å². The SMILES string of the molecule is CC.CC1CCC2CC(C3CCC4CC5OC5CC4C3)CCC2C1. The van der Waals surface area contributed by atoms with Crippen molar-refractivity contribution >= 4 is 0 Å². The highest BCUT2D eigenvalue weighted by Gasteiger charge is 2.50. The number of rotatable bonds is 1. The number of fused-ring (bicyclic) bond motifs is 3. The fraction of sp³-hybridized carbons (Fsp3) is 1.00. The molecule has 5 fully saturated rings. The molecule has 0 radical (unpaired) electrons. The van der Waals surface area contributed by atoms with E-state index in [0.29, 0.717) is 12.2 Å². The Kier molecular flexibility index (Phi) is 5.28. The zero-order valence-electron chi connectivity index (χ0n) is 16.4. The van der Waals surface area contributed by atoms with Crippen LogP contribution in [-0.2, 0) is 4.74 Å². The van der Waals surface area contributed by atoms with E-state index in [1.54, 1.807) is 44.9 Å². The predicted molar refractivity (Wildman–Crippen MR) is 101 cm³/mol. The first-order valence-corrected chi connectivity index (χ1v) is 11.4. The molecule has 1 saturated heterocycles. The summed E-state index contributed by atoms with van der Waals surface area (Å²) >= 11 is 0. The molecule has 4 saturated carbocycles. The second-order valence-corrected chi connectivity index (χ2v) is 9.79. The van der Waals surface area contributed by atoms with Crippen LogP contribution >= 0.6 is 0 Å². The summed E-state index contributed by atoms with van der Waals surface area (Å²) in [6.07, 6.45) is 18.2. The maximum Gasteiger partial charge on any atom is 0.0844 e. The molecular weight excluding hydrogens is 292 g/mol. The highest BCUT2D eigenvalue weighted by Crippen LogP contribution is 2.54. The van der Waals surface area contributed by atoms with Crippen LogP contribution in [0.4, 0.5) is 0 Å². The van der Waals surface area contributed by atoms with E-state index < -0.39 is 0 Å². The summed E-state index contributed by atoms with van der Waals surface area (Å²) in [5.41, 5.74) is 0. The van der Waals surface area contributed by atoms with Crippen LogP contribution in [-0.4, -0.2) is 12.2 Å². The first kappa shape index (κ1) is 17.4. The monoisotopic (exact) mass is 332 g/mol. The van der Waals surface area contributed by atoms with Gasteiger partial charge < -0.3 is 4.74 Å². The average molecular weight is 333 g/mol. The molecule has 4 aliphatic carbocycles. The number of hydrogen-bond donors (Lipinski definition) is 0. The minimum absolute atomic E-state index is 0.690. The molecule has 0 aromatic rings. The van der Waals surface area contributed by atoms with E-state index in [4.69, 9.17) is 4.74 Å². The third-order valence-corrected chi connectivity index (χ3v) is 8.52. The van der Waals surface area contributed by atoms with Gasteiger partial charge in [-0.15, -0.1) is 0 Å². The molecule has 0 aromatic carbocycles. The van der Waals surface area contributed by atoms with E-state index in [-0.39, 0.29) is 0 Å². The zero-order valence-corrected chi connectivity index (χ0v) is 16.4. The molecule has 5 aliphatic rings. The molecular formula is C23H40O. The number of epoxide rings is 1. The summed E-state index contributed by atoms with van der Waals surface area (Å²) in [6.45, 7) is 6.49. The smallest absolute Gasteiger partial charge is 0.0844 e. The molecule has 0 spiro atoms. The van der Waals surface area contributed by atoms with E-state index in [0.717, 1.165) is 41.4 Å². The average Bonchev–Trinajstić information content (AvgIpc) is 3.38. The van der Waals surface area contributed by atoms with Crippen LogP contribution in [0.2, 0.25) is 0 Å². The van der Waals surface area contributed by atoms with Crippen LogP contribution in [0.3, 0.4) is 0 Å². The van der Waals surface area contributed by atoms with Crippen molar-refractivity contribution in [3.05, 3.63) is 0 Å². The fourth-order valence-electron chi connectivity index (χ4n) is 7.17. The van der Waals surface area contributed by atoms with Crippen molar-refractivity contribution < 1.29 is 4.74 Å². The quantitative estimate of drug-likeness (QED) is 0.502. The summed E-state index contributed by atoms with van der Waals surface area (Å²) in [4.78, 5) is 0. The third kappa shape index (κ3) is 3.44. The maximum absolute atomic E-state index is 5.83. The second-order valence-electron chi connectivity index (χ2n) is 9.79. The second kappa shape index (κ2) is 7.29. The van der Waals surface area contributed by atoms with Gasteiger partial charge in [-0.25, -0.2) is 0 Å². The molecule has 1 heterocycles. The van der Waals surface area contributed by atoms with E-state index in [1.165, 1.54) is 25.7 Å². The van der Waals surface area contributed by atoms with E-state index in [2.05, 4.69) is 6.92 Å². The summed E-state index contributed by atoms with van der Waals surface area (Å²) < 4.78 is 5.83. The Morgan fingerprint density at radius 1 is 0.500 bits per heavy atom. The Bertz CT molecular complexity index is 418. The lowest BCUT2D eigenvalue weighted by Crippen LogP contribution is -2.37. The summed E-state index contributed by atoms with van der Waals surface area (Å²) in [7, 11) is 0. The van der Waals surface area contributed by atoms with Gasteiger partial charge in [-0.2, -0.15) is 0 Å². The van der Waals surface area contributed by atoms with Crippen LogP contribution in [0.25, 0.3) is 0 Å². The first-order valence-electron chi connectivity index (χ1n) is 11.4. The van der Waals surface area contributed by atoms with Gasteiger partial charge >= 0.3 is 0 Å². The van der Waals surface area contributed by atoms with Gasteiger partial charge in [0.25, 0.3) is 0 Å². The van der Waals surface area contributed by atoms with E-state index in [9.17, 15) is 0 Å². The normalized spacial score (nSPS) is 52.9. The van der Waals surface area contributed by atoms with Crippen molar-refractivity contribution in [2.75, 3.05) is 0 Å². The van der Waals surface area contributed by atoms with Gasteiger partial charge in [0.15, 0.2) is 0 Å². The van der Waals surface area contributed by atoms with Crippen molar-refractivity contribution in [2.24, 2.45) is 41.4 Å². The lowest BCUT2D eigenvalue weighted by atomic mass is 9.59. The zero-order chi connectivity index (χ0) is 16.7. The molecule has 0 bridgehead atoms. The molecule has 138 valence electrons. The Labute approximate surface area is 150 Å². The van der Waals surface area contributed by atoms with E-state index in [1.807, 2.05) is 13.8 Å². The standard InChI is InChI=1S/C21H34O.C2H6/c1-13-2-3-15-9-16(5-4-14(15)8-13)17-6-7-18-11-20-21(22-20)12-19(18)10-17;1-2/h13-21H,2-12H2,1H3;1-2H3. The van der Waals surface area contributed by atoms with Crippen molar-refractivity contribution in [3.63, 3.8) is 0 Å². The fourth-order valence-corrected chi connectivity index (χ4v) is 7.17. The predicted octanol–water partition coefficient (Wildman–Crippen LogP) is 6.46. The Balaban J connectivity index is 0.000000704. The molecule has 0 aromatic heterocycles. The number of ether oxygens (including phenoxy) is 1. The summed E-state index contributed by atoms with van der Waals surface area (Å²) in [5, 5.41) is 0. The summed E-state index contributed by atoms with van der Waals surface area (Å²) in [6, 6.07) is 0. The highest BCUT2D eigenvalue weighted by molar-refractivity contribution is 4.99. The maximum atomic E-state index is 5.83. The molecule has 1 aliphatic heterocycles. The van der Waals surface area contributed by atoms with Gasteiger partial charge in [0.2, 0.25) is 0 Å². The summed E-state index contributed by atoms with van der Waals surface area (Å²) in [5.74, 6) is 7.47. The Morgan fingerprint density at radius 2 is 0.917 bits per heavy atom. The van der Waals surface area contributed by atoms with Crippen LogP contribution in [0.1, 0.15) is 91.4 Å². The lowest BCUT2D eigenvalue weighted by Gasteiger charge is -2.47. The van der Waals surface area contributed by atoms with Crippen LogP contribution in [0.15, 0.2) is 0 Å². The third-order valence-electron chi connectivity index (χ3n) is 8.52. The largest absolute Gasteiger partial charge is 0.370 e. The first-order chi connectivity index (χ1) is 11.8. The minimum Gasteiger partial charge on any atom is -0.370 e. The van der Waals surface area contributed by atoms with Crippen LogP contribution in [0, 0.1) is 41.4 Å². The van der Waals surface area contributed by atoms with Gasteiger partial charge in [-0.1, -0.05) is 27.2 Å². The van der Waals surface area contributed by atoms with Crippen molar-refractivity contribution in [2.45, 2.75) is 104 Å². The van der Waals surface area contributed by atoms with Gasteiger partial charge in [-0.3, -0.25) is 0 Å². The molecule has 0 amide bonds. The van der Waals surface area contributed by atoms with Crippen molar-refractivity contribution in [1.82, 2.24) is 0 Å². The molecule has 9 unspecified atom stereocenters. The molecule has 24 heavy (non-hydrogen) atoms. The number of hydrogen-bond acceptors (Lipinski definition) is 1. The Hall–Kier alpha value is -0.0400. The van der Waals surface area contributed by atoms with Crippen LogP contribution < -0.4 is 0 Å². The van der Waals surface area contributed by atoms with Crippen molar-refractivity contribution in [1.29, 1.82) is 0 Å². The molecule has 0 N–H and O–H groups in total. The van der Waals surface area contributed by atoms with Gasteiger partial charge in [0, 0.05) is 0 Å². The van der Waals surface area contributed by atoms with Gasteiger partial charge in [-0.05, 0) is 106 Å². The van der Waals surface area contributed by atoms with Crippen molar-refractivity contribution in [3.8, 4) is 0 Å². The van der Waals surface area contributed by atoms with Crippen LogP contribution in [0.5, 0.6) is 0 Å². The Morgan fingerprint density at radius 3 is 1.54 bits per heavy atom. The topological polar surface area (TPSA) is 12.5 Å². The molecule has 1 nitrogen and oxygen atoms in total. The minimum atomic E-state index is 0.690. The van der Waals surface area contributed by atoms with Gasteiger partial charge in [0.05, 0.1) is 12.2 Å². The molecule has 1 heteroatoms. The lowest BCUT2D eigenvalue weighted by molar-refractivity contribution is 0.0422. The molecule has 5 rings (SSSR count). The highest BCUT2D eigenvalue weighted by atomic mass is 16.6. The molecule has 9 atom stereocenters.